The van der Waals surface area contributed by atoms with Crippen LogP contribution < -0.4 is 4.90 Å². The molecule has 0 aromatic heterocycles. The standard InChI is InChI=1S/C21H17ClFN3OS/c1-13-6-7-14(8-18(13)22)25-11-26-20(27)9-16(15-4-2-3-5-19(15)23)17(10-24)21(26)28-12-25/h2-8,16H,9,11-12H2,1H3/t16-/m0/s1. The largest absolute Gasteiger partial charge is 0.344 e. The Hall–Kier alpha value is -2.49. The maximum Gasteiger partial charge on any atom is 0.229 e. The highest BCUT2D eigenvalue weighted by atomic mass is 35.5. The van der Waals surface area contributed by atoms with Crippen molar-refractivity contribution in [1.29, 1.82) is 5.26 Å². The number of aryl methyl sites for hydroxylation is 1. The fourth-order valence-corrected chi connectivity index (χ4v) is 4.87. The van der Waals surface area contributed by atoms with E-state index in [-0.39, 0.29) is 18.1 Å². The van der Waals surface area contributed by atoms with E-state index in [4.69, 9.17) is 11.6 Å². The molecule has 1 atom stereocenters. The summed E-state index contributed by atoms with van der Waals surface area (Å²) in [5.74, 6) is -0.470. The summed E-state index contributed by atoms with van der Waals surface area (Å²) in [6.07, 6.45) is 0.0797. The minimum Gasteiger partial charge on any atom is -0.344 e. The minimum atomic E-state index is -0.544. The lowest BCUT2D eigenvalue weighted by Gasteiger charge is -2.42. The summed E-state index contributed by atoms with van der Waals surface area (Å²) in [5, 5.41) is 11.1. The van der Waals surface area contributed by atoms with Crippen molar-refractivity contribution in [3.05, 3.63) is 75.0 Å². The molecule has 4 nitrogen and oxygen atoms in total. The molecule has 28 heavy (non-hydrogen) atoms. The number of carbonyl (C=O) groups is 1. The number of thioether (sulfide) groups is 1. The quantitative estimate of drug-likeness (QED) is 0.694. The van der Waals surface area contributed by atoms with E-state index < -0.39 is 5.92 Å². The maximum absolute atomic E-state index is 14.3. The Morgan fingerprint density at radius 2 is 2.07 bits per heavy atom. The highest BCUT2D eigenvalue weighted by Gasteiger charge is 2.39. The van der Waals surface area contributed by atoms with Crippen molar-refractivity contribution in [2.45, 2.75) is 19.3 Å². The van der Waals surface area contributed by atoms with E-state index in [1.54, 1.807) is 23.1 Å². The normalized spacial score (nSPS) is 19.5. The molecule has 1 saturated heterocycles. The lowest BCUT2D eigenvalue weighted by Crippen LogP contribution is -2.47. The Labute approximate surface area is 172 Å². The molecule has 0 saturated carbocycles. The number of benzene rings is 2. The van der Waals surface area contributed by atoms with Gasteiger partial charge in [-0.1, -0.05) is 47.6 Å². The smallest absolute Gasteiger partial charge is 0.229 e. The van der Waals surface area contributed by atoms with Gasteiger partial charge in [0, 0.05) is 23.0 Å². The van der Waals surface area contributed by atoms with Crippen LogP contribution in [-0.2, 0) is 4.79 Å². The van der Waals surface area contributed by atoms with Crippen LogP contribution in [0.15, 0.2) is 53.1 Å². The molecule has 1 fully saturated rings. The number of hydrogen-bond donors (Lipinski definition) is 0. The van der Waals surface area contributed by atoms with Crippen LogP contribution in [-0.4, -0.2) is 23.4 Å². The molecular formula is C21H17ClFN3OS. The third-order valence-corrected chi connectivity index (χ3v) is 6.66. The molecule has 2 aliphatic heterocycles. The molecule has 7 heteroatoms. The molecule has 0 radical (unpaired) electrons. The van der Waals surface area contributed by atoms with Gasteiger partial charge in [-0.15, -0.1) is 0 Å². The molecule has 142 valence electrons. The molecule has 1 amide bonds. The molecule has 2 heterocycles. The van der Waals surface area contributed by atoms with Crippen LogP contribution in [0.3, 0.4) is 0 Å². The number of nitriles is 1. The topological polar surface area (TPSA) is 47.3 Å². The number of nitrogens with zero attached hydrogens (tertiary/aromatic N) is 3. The number of hydrogen-bond acceptors (Lipinski definition) is 4. The summed E-state index contributed by atoms with van der Waals surface area (Å²) in [7, 11) is 0. The number of rotatable bonds is 2. The van der Waals surface area contributed by atoms with Crippen molar-refractivity contribution < 1.29 is 9.18 Å². The van der Waals surface area contributed by atoms with Crippen LogP contribution >= 0.6 is 23.4 Å². The molecule has 2 aliphatic rings. The van der Waals surface area contributed by atoms with E-state index in [0.717, 1.165) is 11.3 Å². The van der Waals surface area contributed by atoms with Gasteiger partial charge in [-0.3, -0.25) is 9.69 Å². The zero-order valence-electron chi connectivity index (χ0n) is 15.2. The maximum atomic E-state index is 14.3. The van der Waals surface area contributed by atoms with E-state index in [9.17, 15) is 14.4 Å². The fraction of sp³-hybridized carbons (Fsp3) is 0.238. The summed E-state index contributed by atoms with van der Waals surface area (Å²) in [5.41, 5.74) is 2.76. The highest BCUT2D eigenvalue weighted by Crippen LogP contribution is 2.43. The number of halogens is 2. The van der Waals surface area contributed by atoms with Gasteiger partial charge in [0.1, 0.15) is 5.82 Å². The van der Waals surface area contributed by atoms with Crippen LogP contribution in [0.4, 0.5) is 10.1 Å². The molecular weight excluding hydrogens is 397 g/mol. The molecule has 0 unspecified atom stereocenters. The first-order chi connectivity index (χ1) is 13.5. The first-order valence-corrected chi connectivity index (χ1v) is 10.2. The Morgan fingerprint density at radius 1 is 1.29 bits per heavy atom. The Morgan fingerprint density at radius 3 is 2.79 bits per heavy atom. The summed E-state index contributed by atoms with van der Waals surface area (Å²) >= 11 is 7.67. The van der Waals surface area contributed by atoms with Crippen molar-refractivity contribution in [2.75, 3.05) is 17.4 Å². The number of anilines is 1. The van der Waals surface area contributed by atoms with E-state index in [0.29, 0.717) is 33.7 Å². The fourth-order valence-electron chi connectivity index (χ4n) is 3.53. The molecule has 2 aromatic rings. The van der Waals surface area contributed by atoms with Gasteiger partial charge in [-0.2, -0.15) is 5.26 Å². The van der Waals surface area contributed by atoms with Gasteiger partial charge in [0.15, 0.2) is 0 Å². The molecule has 0 bridgehead atoms. The Balaban J connectivity index is 1.68. The van der Waals surface area contributed by atoms with Gasteiger partial charge >= 0.3 is 0 Å². The summed E-state index contributed by atoms with van der Waals surface area (Å²) < 4.78 is 14.3. The first kappa shape index (κ1) is 18.9. The van der Waals surface area contributed by atoms with Gasteiger partial charge in [-0.25, -0.2) is 4.39 Å². The SMILES string of the molecule is Cc1ccc(N2CSC3=C(C#N)[C@H](c4ccccc4F)CC(=O)N3C2)cc1Cl. The average molecular weight is 414 g/mol. The van der Waals surface area contributed by atoms with Crippen molar-refractivity contribution in [1.82, 2.24) is 4.90 Å². The second kappa shape index (κ2) is 7.50. The highest BCUT2D eigenvalue weighted by molar-refractivity contribution is 8.03. The summed E-state index contributed by atoms with van der Waals surface area (Å²) in [4.78, 5) is 16.5. The molecule has 0 spiro atoms. The number of allylic oxidation sites excluding steroid dienone is 1. The van der Waals surface area contributed by atoms with Gasteiger partial charge in [-0.05, 0) is 36.2 Å². The van der Waals surface area contributed by atoms with E-state index in [2.05, 4.69) is 6.07 Å². The summed E-state index contributed by atoms with van der Waals surface area (Å²) in [6, 6.07) is 14.4. The predicted molar refractivity (Wildman–Crippen MR) is 109 cm³/mol. The molecule has 0 aliphatic carbocycles. The molecule has 4 rings (SSSR count). The second-order valence-electron chi connectivity index (χ2n) is 6.82. The zero-order valence-corrected chi connectivity index (χ0v) is 16.7. The van der Waals surface area contributed by atoms with Crippen molar-refractivity contribution >= 4 is 35.0 Å². The average Bonchev–Trinajstić information content (AvgIpc) is 2.70. The van der Waals surface area contributed by atoms with Crippen molar-refractivity contribution in [3.63, 3.8) is 0 Å². The van der Waals surface area contributed by atoms with E-state index in [1.807, 2.05) is 30.0 Å². The van der Waals surface area contributed by atoms with Gasteiger partial charge in [0.05, 0.1) is 29.2 Å². The first-order valence-electron chi connectivity index (χ1n) is 8.82. The Kier molecular flexibility index (Phi) is 5.05. The van der Waals surface area contributed by atoms with Crippen LogP contribution in [0.1, 0.15) is 23.5 Å². The third kappa shape index (κ3) is 3.25. The van der Waals surface area contributed by atoms with Crippen LogP contribution in [0, 0.1) is 24.1 Å². The number of amides is 1. The van der Waals surface area contributed by atoms with Crippen LogP contribution in [0.2, 0.25) is 5.02 Å². The van der Waals surface area contributed by atoms with E-state index in [1.165, 1.54) is 17.8 Å². The molecule has 2 aromatic carbocycles. The van der Waals surface area contributed by atoms with Gasteiger partial charge < -0.3 is 4.90 Å². The minimum absolute atomic E-state index is 0.0797. The number of carbonyl (C=O) groups excluding carboxylic acids is 1. The monoisotopic (exact) mass is 413 g/mol. The Bertz CT molecular complexity index is 1030. The lowest BCUT2D eigenvalue weighted by atomic mass is 9.86. The van der Waals surface area contributed by atoms with Crippen molar-refractivity contribution in [2.24, 2.45) is 0 Å². The molecule has 0 N–H and O–H groups in total. The second-order valence-corrected chi connectivity index (χ2v) is 8.16. The van der Waals surface area contributed by atoms with Crippen molar-refractivity contribution in [3.8, 4) is 6.07 Å². The van der Waals surface area contributed by atoms with Crippen LogP contribution in [0.5, 0.6) is 0 Å². The zero-order chi connectivity index (χ0) is 19.8. The van der Waals surface area contributed by atoms with Gasteiger partial charge in [0.2, 0.25) is 5.91 Å². The third-order valence-electron chi connectivity index (χ3n) is 5.09. The summed E-state index contributed by atoms with van der Waals surface area (Å²) in [6.45, 7) is 2.28. The lowest BCUT2D eigenvalue weighted by molar-refractivity contribution is -0.129. The van der Waals surface area contributed by atoms with Gasteiger partial charge in [0.25, 0.3) is 0 Å². The van der Waals surface area contributed by atoms with E-state index >= 15 is 0 Å². The number of fused-ring (bicyclic) bond motifs is 1. The van der Waals surface area contributed by atoms with Crippen LogP contribution in [0.25, 0.3) is 0 Å². The predicted octanol–water partition coefficient (Wildman–Crippen LogP) is 5.01.